The van der Waals surface area contributed by atoms with Gasteiger partial charge in [-0.1, -0.05) is 84.3 Å². The molecule has 0 unspecified atom stereocenters. The van der Waals surface area contributed by atoms with Crippen LogP contribution in [0, 0.1) is 17.8 Å². The number of hydrogen-bond donors (Lipinski definition) is 0. The van der Waals surface area contributed by atoms with Crippen molar-refractivity contribution < 1.29 is 9.47 Å². The van der Waals surface area contributed by atoms with Crippen LogP contribution in [0.1, 0.15) is 112 Å². The van der Waals surface area contributed by atoms with Crippen molar-refractivity contribution in [1.82, 2.24) is 0 Å². The molecule has 0 aromatic carbocycles. The summed E-state index contributed by atoms with van der Waals surface area (Å²) < 4.78 is 11.4. The SMILES string of the molecule is C/C(=C\CO[C@@H]1CCCCO1)CCC[C@H](C)CCC[C@H](C)CCCC(C)C. The molecule has 0 radical (unpaired) electrons. The molecule has 2 heteroatoms. The summed E-state index contributed by atoms with van der Waals surface area (Å²) in [5.41, 5.74) is 1.47. The lowest BCUT2D eigenvalue weighted by Crippen LogP contribution is -2.22. The van der Waals surface area contributed by atoms with Crippen LogP contribution in [0.4, 0.5) is 0 Å². The first-order valence-corrected chi connectivity index (χ1v) is 11.9. The topological polar surface area (TPSA) is 18.5 Å². The quantitative estimate of drug-likeness (QED) is 0.269. The van der Waals surface area contributed by atoms with Crippen LogP contribution in [-0.4, -0.2) is 19.5 Å². The van der Waals surface area contributed by atoms with Gasteiger partial charge in [0, 0.05) is 6.61 Å². The number of ether oxygens (including phenoxy) is 2. The molecule has 0 aromatic rings. The van der Waals surface area contributed by atoms with Gasteiger partial charge in [-0.25, -0.2) is 0 Å². The summed E-state index contributed by atoms with van der Waals surface area (Å²) in [6.45, 7) is 13.4. The van der Waals surface area contributed by atoms with E-state index >= 15 is 0 Å². The molecule has 0 bridgehead atoms. The van der Waals surface area contributed by atoms with Crippen molar-refractivity contribution in [3.63, 3.8) is 0 Å². The zero-order chi connectivity index (χ0) is 19.9. The first-order valence-electron chi connectivity index (χ1n) is 11.9. The summed E-state index contributed by atoms with van der Waals surface area (Å²) in [5, 5.41) is 0. The van der Waals surface area contributed by atoms with Gasteiger partial charge in [-0.05, 0) is 56.8 Å². The molecule has 27 heavy (non-hydrogen) atoms. The van der Waals surface area contributed by atoms with Crippen LogP contribution in [0.3, 0.4) is 0 Å². The molecule has 1 rings (SSSR count). The summed E-state index contributed by atoms with van der Waals surface area (Å²) in [4.78, 5) is 0. The molecule has 0 N–H and O–H groups in total. The zero-order valence-electron chi connectivity index (χ0n) is 19.1. The Kier molecular flexibility index (Phi) is 14.2. The van der Waals surface area contributed by atoms with Gasteiger partial charge in [0.2, 0.25) is 0 Å². The molecule has 0 aliphatic carbocycles. The van der Waals surface area contributed by atoms with Crippen LogP contribution in [0.5, 0.6) is 0 Å². The van der Waals surface area contributed by atoms with Gasteiger partial charge in [0.1, 0.15) is 0 Å². The van der Waals surface area contributed by atoms with Gasteiger partial charge in [-0.2, -0.15) is 0 Å². The monoisotopic (exact) mass is 380 g/mol. The van der Waals surface area contributed by atoms with Crippen molar-refractivity contribution in [2.24, 2.45) is 17.8 Å². The molecule has 0 saturated carbocycles. The predicted molar refractivity (Wildman–Crippen MR) is 118 cm³/mol. The second-order valence-corrected chi connectivity index (χ2v) is 9.54. The number of hydrogen-bond acceptors (Lipinski definition) is 2. The Morgan fingerprint density at radius 1 is 0.926 bits per heavy atom. The minimum absolute atomic E-state index is 0.0376. The average Bonchev–Trinajstić information content (AvgIpc) is 2.62. The maximum atomic E-state index is 5.80. The minimum atomic E-state index is 0.0376. The van der Waals surface area contributed by atoms with E-state index in [2.05, 4.69) is 40.7 Å². The van der Waals surface area contributed by atoms with Crippen molar-refractivity contribution >= 4 is 0 Å². The lowest BCUT2D eigenvalue weighted by Gasteiger charge is -2.22. The van der Waals surface area contributed by atoms with Gasteiger partial charge in [-0.3, -0.25) is 0 Å². The van der Waals surface area contributed by atoms with E-state index < -0.39 is 0 Å². The Bertz CT molecular complexity index is 369. The van der Waals surface area contributed by atoms with E-state index in [1.807, 2.05) is 0 Å². The van der Waals surface area contributed by atoms with Crippen LogP contribution in [0.15, 0.2) is 11.6 Å². The molecular formula is C25H48O2. The third kappa shape index (κ3) is 14.3. The van der Waals surface area contributed by atoms with Gasteiger partial charge in [0.15, 0.2) is 6.29 Å². The van der Waals surface area contributed by atoms with Gasteiger partial charge in [0.05, 0.1) is 6.61 Å². The molecule has 1 aliphatic heterocycles. The Morgan fingerprint density at radius 2 is 1.56 bits per heavy atom. The summed E-state index contributed by atoms with van der Waals surface area (Å²) >= 11 is 0. The van der Waals surface area contributed by atoms with Crippen LogP contribution >= 0.6 is 0 Å². The predicted octanol–water partition coefficient (Wildman–Crippen LogP) is 7.92. The van der Waals surface area contributed by atoms with Crippen molar-refractivity contribution in [2.45, 2.75) is 118 Å². The van der Waals surface area contributed by atoms with Crippen molar-refractivity contribution in [3.8, 4) is 0 Å². The van der Waals surface area contributed by atoms with Gasteiger partial charge < -0.3 is 9.47 Å². The van der Waals surface area contributed by atoms with Crippen LogP contribution < -0.4 is 0 Å². The van der Waals surface area contributed by atoms with Crippen LogP contribution in [-0.2, 0) is 9.47 Å². The van der Waals surface area contributed by atoms with E-state index in [4.69, 9.17) is 9.47 Å². The highest BCUT2D eigenvalue weighted by Crippen LogP contribution is 2.22. The fourth-order valence-electron chi connectivity index (χ4n) is 3.95. The molecule has 160 valence electrons. The lowest BCUT2D eigenvalue weighted by atomic mass is 9.91. The fraction of sp³-hybridized carbons (Fsp3) is 0.920. The Morgan fingerprint density at radius 3 is 2.15 bits per heavy atom. The second kappa shape index (κ2) is 15.6. The Hall–Kier alpha value is -0.340. The third-order valence-electron chi connectivity index (χ3n) is 5.99. The van der Waals surface area contributed by atoms with Crippen molar-refractivity contribution in [2.75, 3.05) is 13.2 Å². The highest BCUT2D eigenvalue weighted by molar-refractivity contribution is 4.97. The van der Waals surface area contributed by atoms with E-state index in [0.29, 0.717) is 6.61 Å². The van der Waals surface area contributed by atoms with Crippen molar-refractivity contribution in [3.05, 3.63) is 11.6 Å². The van der Waals surface area contributed by atoms with Gasteiger partial charge >= 0.3 is 0 Å². The maximum absolute atomic E-state index is 5.80. The Labute approximate surface area is 170 Å². The van der Waals surface area contributed by atoms with Crippen LogP contribution in [0.25, 0.3) is 0 Å². The first kappa shape index (κ1) is 24.7. The van der Waals surface area contributed by atoms with Crippen molar-refractivity contribution in [1.29, 1.82) is 0 Å². The molecule has 0 amide bonds. The highest BCUT2D eigenvalue weighted by Gasteiger charge is 2.13. The van der Waals surface area contributed by atoms with Crippen LogP contribution in [0.2, 0.25) is 0 Å². The van der Waals surface area contributed by atoms with E-state index in [1.54, 1.807) is 0 Å². The summed E-state index contributed by atoms with van der Waals surface area (Å²) in [6, 6.07) is 0. The average molecular weight is 381 g/mol. The summed E-state index contributed by atoms with van der Waals surface area (Å²) in [5.74, 6) is 2.64. The molecule has 1 fully saturated rings. The van der Waals surface area contributed by atoms with Gasteiger partial charge in [-0.15, -0.1) is 0 Å². The Balaban J connectivity index is 1.98. The van der Waals surface area contributed by atoms with E-state index in [1.165, 1.54) is 76.2 Å². The second-order valence-electron chi connectivity index (χ2n) is 9.54. The number of allylic oxidation sites excluding steroid dienone is 1. The lowest BCUT2D eigenvalue weighted by molar-refractivity contribution is -0.155. The van der Waals surface area contributed by atoms with E-state index in [9.17, 15) is 0 Å². The molecule has 1 heterocycles. The smallest absolute Gasteiger partial charge is 0.157 e. The zero-order valence-corrected chi connectivity index (χ0v) is 19.1. The summed E-state index contributed by atoms with van der Waals surface area (Å²) in [6.07, 6.45) is 18.1. The molecule has 0 spiro atoms. The fourth-order valence-corrected chi connectivity index (χ4v) is 3.95. The molecular weight excluding hydrogens is 332 g/mol. The largest absolute Gasteiger partial charge is 0.353 e. The summed E-state index contributed by atoms with van der Waals surface area (Å²) in [7, 11) is 0. The minimum Gasteiger partial charge on any atom is -0.353 e. The normalized spacial score (nSPS) is 20.8. The molecule has 3 atom stereocenters. The van der Waals surface area contributed by atoms with E-state index in [-0.39, 0.29) is 6.29 Å². The third-order valence-corrected chi connectivity index (χ3v) is 5.99. The standard InChI is InChI=1S/C25H48O2/c1-21(2)11-8-12-22(3)13-9-14-23(4)15-10-16-24(5)18-20-27-25-17-6-7-19-26-25/h18,21-23,25H,6-17,19-20H2,1-5H3/b24-18+/t22-,23-,25-/m1/s1. The highest BCUT2D eigenvalue weighted by atomic mass is 16.7. The molecule has 0 aromatic heterocycles. The van der Waals surface area contributed by atoms with Gasteiger partial charge in [0.25, 0.3) is 0 Å². The molecule has 2 nitrogen and oxygen atoms in total. The number of rotatable bonds is 15. The van der Waals surface area contributed by atoms with E-state index in [0.717, 1.165) is 30.8 Å². The molecule has 1 saturated heterocycles. The molecule has 1 aliphatic rings. The maximum Gasteiger partial charge on any atom is 0.157 e. The first-order chi connectivity index (χ1) is 13.0.